The zero-order valence-electron chi connectivity index (χ0n) is 17.1. The van der Waals surface area contributed by atoms with E-state index >= 15 is 0 Å². The summed E-state index contributed by atoms with van der Waals surface area (Å²) in [6.07, 6.45) is 1.46. The number of amides is 3. The molecule has 0 N–H and O–H groups in total. The molecule has 6 nitrogen and oxygen atoms in total. The number of hydrogen-bond acceptors (Lipinski definition) is 3. The maximum Gasteiger partial charge on any atom is 0.319 e. The number of rotatable bonds is 7. The molecule has 1 saturated heterocycles. The van der Waals surface area contributed by atoms with Crippen LogP contribution >= 0.6 is 0 Å². The Hall–Kier alpha value is -2.24. The molecule has 0 aliphatic carbocycles. The number of urea groups is 1. The minimum atomic E-state index is -0.00451. The molecule has 2 rings (SSSR count). The molecule has 0 spiro atoms. The summed E-state index contributed by atoms with van der Waals surface area (Å²) in [5.41, 5.74) is 1.19. The summed E-state index contributed by atoms with van der Waals surface area (Å²) in [5.74, 6) is 0.970. The maximum absolute atomic E-state index is 12.7. The first kappa shape index (κ1) is 21.1. The number of carbonyl (C=O) groups is 2. The van der Waals surface area contributed by atoms with Gasteiger partial charge in [0, 0.05) is 39.1 Å². The smallest absolute Gasteiger partial charge is 0.319 e. The highest BCUT2D eigenvalue weighted by Crippen LogP contribution is 2.20. The zero-order chi connectivity index (χ0) is 19.8. The van der Waals surface area contributed by atoms with E-state index < -0.39 is 0 Å². The van der Waals surface area contributed by atoms with Gasteiger partial charge in [-0.05, 0) is 45.7 Å². The number of hydrogen-bond donors (Lipinski definition) is 0. The maximum atomic E-state index is 12.7. The standard InChI is InChI=1S/C21H33N3O3/c1-5-23(6-2)21(26)24-13-11-18(12-14-24)20(25)22(4)15-16-27-19-9-7-17(3)8-10-19/h7-10,18H,5-6,11-16H2,1-4H3. The number of ether oxygens (including phenoxy) is 1. The molecule has 1 aliphatic rings. The lowest BCUT2D eigenvalue weighted by atomic mass is 9.95. The van der Waals surface area contributed by atoms with Crippen LogP contribution in [0.4, 0.5) is 4.79 Å². The molecule has 1 fully saturated rings. The molecule has 1 aromatic carbocycles. The zero-order valence-corrected chi connectivity index (χ0v) is 17.1. The van der Waals surface area contributed by atoms with Gasteiger partial charge in [0.25, 0.3) is 0 Å². The van der Waals surface area contributed by atoms with E-state index in [4.69, 9.17) is 4.74 Å². The van der Waals surface area contributed by atoms with Crippen LogP contribution < -0.4 is 4.74 Å². The molecule has 0 atom stereocenters. The fourth-order valence-electron chi connectivity index (χ4n) is 3.37. The second-order valence-corrected chi connectivity index (χ2v) is 7.14. The molecule has 0 unspecified atom stereocenters. The number of nitrogens with zero attached hydrogens (tertiary/aromatic N) is 3. The van der Waals surface area contributed by atoms with Crippen LogP contribution in [0.25, 0.3) is 0 Å². The van der Waals surface area contributed by atoms with Crippen molar-refractivity contribution in [3.05, 3.63) is 29.8 Å². The molecule has 0 bridgehead atoms. The molecule has 150 valence electrons. The predicted molar refractivity (Wildman–Crippen MR) is 107 cm³/mol. The van der Waals surface area contributed by atoms with Crippen molar-refractivity contribution in [2.75, 3.05) is 46.4 Å². The van der Waals surface area contributed by atoms with E-state index in [2.05, 4.69) is 0 Å². The second kappa shape index (κ2) is 10.2. The Balaban J connectivity index is 1.74. The van der Waals surface area contributed by atoms with Crippen LogP contribution in [0.2, 0.25) is 0 Å². The average Bonchev–Trinajstić information content (AvgIpc) is 2.69. The Morgan fingerprint density at radius 3 is 2.26 bits per heavy atom. The van der Waals surface area contributed by atoms with Crippen molar-refractivity contribution in [2.24, 2.45) is 5.92 Å². The third-order valence-electron chi connectivity index (χ3n) is 5.24. The molecule has 1 aliphatic heterocycles. The van der Waals surface area contributed by atoms with Gasteiger partial charge in [-0.25, -0.2) is 4.79 Å². The van der Waals surface area contributed by atoms with Crippen LogP contribution in [0.5, 0.6) is 5.75 Å². The van der Waals surface area contributed by atoms with E-state index in [-0.39, 0.29) is 17.9 Å². The van der Waals surface area contributed by atoms with Gasteiger partial charge in [-0.3, -0.25) is 4.79 Å². The molecular formula is C21H33N3O3. The van der Waals surface area contributed by atoms with Gasteiger partial charge < -0.3 is 19.4 Å². The van der Waals surface area contributed by atoms with Gasteiger partial charge in [0.05, 0.1) is 6.54 Å². The fraction of sp³-hybridized carbons (Fsp3) is 0.619. The Kier molecular flexibility index (Phi) is 7.95. The van der Waals surface area contributed by atoms with E-state index in [1.165, 1.54) is 5.56 Å². The number of piperidine rings is 1. The third kappa shape index (κ3) is 5.88. The molecule has 1 aromatic rings. The lowest BCUT2D eigenvalue weighted by molar-refractivity contribution is -0.135. The van der Waals surface area contributed by atoms with Crippen LogP contribution in [-0.2, 0) is 4.79 Å². The monoisotopic (exact) mass is 375 g/mol. The van der Waals surface area contributed by atoms with Crippen LogP contribution in [0.15, 0.2) is 24.3 Å². The molecule has 0 aromatic heterocycles. The molecular weight excluding hydrogens is 342 g/mol. The summed E-state index contributed by atoms with van der Waals surface area (Å²) in [6, 6.07) is 8.00. The van der Waals surface area contributed by atoms with Crippen molar-refractivity contribution >= 4 is 11.9 Å². The molecule has 6 heteroatoms. The van der Waals surface area contributed by atoms with Gasteiger partial charge in [0.15, 0.2) is 0 Å². The second-order valence-electron chi connectivity index (χ2n) is 7.14. The van der Waals surface area contributed by atoms with Crippen molar-refractivity contribution in [3.63, 3.8) is 0 Å². The van der Waals surface area contributed by atoms with E-state index in [0.717, 1.165) is 31.7 Å². The first-order valence-corrected chi connectivity index (χ1v) is 9.94. The molecule has 3 amide bonds. The summed E-state index contributed by atoms with van der Waals surface area (Å²) in [7, 11) is 1.83. The predicted octanol–water partition coefficient (Wildman–Crippen LogP) is 3.01. The van der Waals surface area contributed by atoms with Crippen LogP contribution in [0.1, 0.15) is 32.3 Å². The first-order valence-electron chi connectivity index (χ1n) is 9.94. The summed E-state index contributed by atoms with van der Waals surface area (Å²) in [4.78, 5) is 30.5. The van der Waals surface area contributed by atoms with Crippen molar-refractivity contribution in [3.8, 4) is 5.75 Å². The summed E-state index contributed by atoms with van der Waals surface area (Å²) < 4.78 is 5.72. The quantitative estimate of drug-likeness (QED) is 0.736. The third-order valence-corrected chi connectivity index (χ3v) is 5.24. The average molecular weight is 376 g/mol. The van der Waals surface area contributed by atoms with E-state index in [1.54, 1.807) is 4.90 Å². The van der Waals surface area contributed by atoms with Crippen LogP contribution in [-0.4, -0.2) is 73.0 Å². The largest absolute Gasteiger partial charge is 0.492 e. The normalized spacial score (nSPS) is 14.7. The highest BCUT2D eigenvalue weighted by atomic mass is 16.5. The molecule has 27 heavy (non-hydrogen) atoms. The first-order chi connectivity index (χ1) is 13.0. The highest BCUT2D eigenvalue weighted by Gasteiger charge is 2.30. The van der Waals surface area contributed by atoms with E-state index in [9.17, 15) is 9.59 Å². The number of carbonyl (C=O) groups excluding carboxylic acids is 2. The Morgan fingerprint density at radius 2 is 1.70 bits per heavy atom. The molecule has 0 saturated carbocycles. The van der Waals surface area contributed by atoms with E-state index in [1.807, 2.05) is 61.9 Å². The number of aryl methyl sites for hydroxylation is 1. The summed E-state index contributed by atoms with van der Waals surface area (Å²) in [6.45, 7) is 9.80. The van der Waals surface area contributed by atoms with Crippen LogP contribution in [0.3, 0.4) is 0 Å². The van der Waals surface area contributed by atoms with Gasteiger partial charge in [-0.2, -0.15) is 0 Å². The molecule has 1 heterocycles. The summed E-state index contributed by atoms with van der Waals surface area (Å²) in [5, 5.41) is 0. The minimum absolute atomic E-state index is 0.00451. The lowest BCUT2D eigenvalue weighted by Crippen LogP contribution is -2.48. The van der Waals surface area contributed by atoms with Gasteiger partial charge >= 0.3 is 6.03 Å². The van der Waals surface area contributed by atoms with E-state index in [0.29, 0.717) is 26.2 Å². The van der Waals surface area contributed by atoms with Gasteiger partial charge in [-0.1, -0.05) is 17.7 Å². The van der Waals surface area contributed by atoms with Gasteiger partial charge in [0.2, 0.25) is 5.91 Å². The lowest BCUT2D eigenvalue weighted by Gasteiger charge is -2.35. The molecule has 0 radical (unpaired) electrons. The topological polar surface area (TPSA) is 53.1 Å². The van der Waals surface area contributed by atoms with Crippen molar-refractivity contribution in [1.82, 2.24) is 14.7 Å². The number of benzene rings is 1. The van der Waals surface area contributed by atoms with Crippen LogP contribution in [0, 0.1) is 12.8 Å². The van der Waals surface area contributed by atoms with Crippen molar-refractivity contribution in [1.29, 1.82) is 0 Å². The minimum Gasteiger partial charge on any atom is -0.492 e. The SMILES string of the molecule is CCN(CC)C(=O)N1CCC(C(=O)N(C)CCOc2ccc(C)cc2)CC1. The fourth-order valence-corrected chi connectivity index (χ4v) is 3.37. The Labute approximate surface area is 163 Å². The number of likely N-dealkylation sites (N-methyl/N-ethyl adjacent to an activating group) is 1. The van der Waals surface area contributed by atoms with Gasteiger partial charge in [0.1, 0.15) is 12.4 Å². The van der Waals surface area contributed by atoms with Gasteiger partial charge in [-0.15, -0.1) is 0 Å². The Morgan fingerprint density at radius 1 is 1.11 bits per heavy atom. The van der Waals surface area contributed by atoms with Crippen molar-refractivity contribution < 1.29 is 14.3 Å². The number of likely N-dealkylation sites (tertiary alicyclic amines) is 1. The highest BCUT2D eigenvalue weighted by molar-refractivity contribution is 5.79. The summed E-state index contributed by atoms with van der Waals surface area (Å²) >= 11 is 0. The Bertz CT molecular complexity index is 606. The van der Waals surface area contributed by atoms with Crippen molar-refractivity contribution in [2.45, 2.75) is 33.6 Å².